The van der Waals surface area contributed by atoms with Gasteiger partial charge in [0.05, 0.1) is 6.10 Å². The third kappa shape index (κ3) is 6.22. The van der Waals surface area contributed by atoms with Crippen molar-refractivity contribution in [3.8, 4) is 0 Å². The minimum absolute atomic E-state index is 0.208. The fourth-order valence-corrected chi connectivity index (χ4v) is 1.99. The number of nitrogens with one attached hydrogen (secondary N) is 1. The number of hydrogen-bond donors (Lipinski definition) is 3. The molecule has 2 unspecified atom stereocenters. The van der Waals surface area contributed by atoms with E-state index in [0.717, 1.165) is 5.56 Å². The molecule has 2 atom stereocenters. The zero-order valence-electron chi connectivity index (χ0n) is 13.4. The first-order valence-electron chi connectivity index (χ1n) is 7.19. The highest BCUT2D eigenvalue weighted by atomic mass is 35.5. The van der Waals surface area contributed by atoms with Gasteiger partial charge in [-0.15, -0.1) is 0 Å². The SMILES string of the molecule is Cc1cc(C(O)C(O)CCNC(=O)OC(C)(C)C)ccc1Cl. The molecule has 6 heteroatoms. The summed E-state index contributed by atoms with van der Waals surface area (Å²) < 4.78 is 5.08. The number of carbonyl (C=O) groups is 1. The van der Waals surface area contributed by atoms with Gasteiger partial charge in [-0.25, -0.2) is 4.79 Å². The Hall–Kier alpha value is -1.30. The van der Waals surface area contributed by atoms with Gasteiger partial charge < -0.3 is 20.3 Å². The maximum Gasteiger partial charge on any atom is 0.407 e. The predicted octanol–water partition coefficient (Wildman–Crippen LogP) is 2.96. The van der Waals surface area contributed by atoms with Crippen molar-refractivity contribution < 1.29 is 19.7 Å². The molecule has 0 radical (unpaired) electrons. The summed E-state index contributed by atoms with van der Waals surface area (Å²) >= 11 is 5.93. The van der Waals surface area contributed by atoms with Crippen LogP contribution in [0.3, 0.4) is 0 Å². The average molecular weight is 330 g/mol. The van der Waals surface area contributed by atoms with E-state index in [4.69, 9.17) is 16.3 Å². The second-order valence-electron chi connectivity index (χ2n) is 6.24. The molecule has 3 N–H and O–H groups in total. The van der Waals surface area contributed by atoms with Crippen LogP contribution in [-0.2, 0) is 4.74 Å². The number of ether oxygens (including phenoxy) is 1. The second-order valence-corrected chi connectivity index (χ2v) is 6.65. The van der Waals surface area contributed by atoms with Crippen molar-refractivity contribution in [3.05, 3.63) is 34.3 Å². The molecule has 1 aromatic rings. The Morgan fingerprint density at radius 2 is 2.00 bits per heavy atom. The van der Waals surface area contributed by atoms with Gasteiger partial charge in [0.2, 0.25) is 0 Å². The van der Waals surface area contributed by atoms with E-state index in [1.54, 1.807) is 39.0 Å². The number of benzene rings is 1. The molecule has 1 rings (SSSR count). The lowest BCUT2D eigenvalue weighted by atomic mass is 10.0. The fraction of sp³-hybridized carbons (Fsp3) is 0.562. The van der Waals surface area contributed by atoms with E-state index in [-0.39, 0.29) is 13.0 Å². The molecule has 0 aliphatic heterocycles. The largest absolute Gasteiger partial charge is 0.444 e. The lowest BCUT2D eigenvalue weighted by Crippen LogP contribution is -2.34. The Kier molecular flexibility index (Phi) is 6.66. The van der Waals surface area contributed by atoms with Crippen LogP contribution in [0.15, 0.2) is 18.2 Å². The molecule has 0 fully saturated rings. The van der Waals surface area contributed by atoms with E-state index in [9.17, 15) is 15.0 Å². The van der Waals surface area contributed by atoms with Crippen molar-refractivity contribution in [2.75, 3.05) is 6.54 Å². The first-order valence-corrected chi connectivity index (χ1v) is 7.57. The number of aliphatic hydroxyl groups is 2. The number of rotatable bonds is 5. The first-order chi connectivity index (χ1) is 10.1. The van der Waals surface area contributed by atoms with Gasteiger partial charge in [0.25, 0.3) is 0 Å². The van der Waals surface area contributed by atoms with Crippen LogP contribution in [0, 0.1) is 6.92 Å². The number of halogens is 1. The molecule has 0 saturated heterocycles. The Labute approximate surface area is 136 Å². The molecule has 0 heterocycles. The van der Waals surface area contributed by atoms with Gasteiger partial charge in [-0.1, -0.05) is 23.7 Å². The molecule has 0 spiro atoms. The summed E-state index contributed by atoms with van der Waals surface area (Å²) in [6, 6.07) is 5.09. The van der Waals surface area contributed by atoms with Crippen molar-refractivity contribution in [2.45, 2.75) is 51.9 Å². The van der Waals surface area contributed by atoms with Gasteiger partial charge in [-0.05, 0) is 51.3 Å². The van der Waals surface area contributed by atoms with Crippen molar-refractivity contribution in [1.29, 1.82) is 0 Å². The van der Waals surface area contributed by atoms with Gasteiger partial charge in [0.15, 0.2) is 0 Å². The highest BCUT2D eigenvalue weighted by Gasteiger charge is 2.20. The van der Waals surface area contributed by atoms with Crippen LogP contribution in [-0.4, -0.2) is 34.6 Å². The number of carbonyl (C=O) groups excluding carboxylic acids is 1. The van der Waals surface area contributed by atoms with E-state index in [2.05, 4.69) is 5.32 Å². The second kappa shape index (κ2) is 7.81. The number of alkyl carbamates (subject to hydrolysis) is 1. The van der Waals surface area contributed by atoms with E-state index < -0.39 is 23.9 Å². The van der Waals surface area contributed by atoms with E-state index in [0.29, 0.717) is 10.6 Å². The summed E-state index contributed by atoms with van der Waals surface area (Å²) in [5, 5.41) is 23.3. The van der Waals surface area contributed by atoms with Gasteiger partial charge in [-0.3, -0.25) is 0 Å². The number of aliphatic hydroxyl groups excluding tert-OH is 2. The van der Waals surface area contributed by atoms with Crippen molar-refractivity contribution in [1.82, 2.24) is 5.32 Å². The summed E-state index contributed by atoms with van der Waals surface area (Å²) in [7, 11) is 0. The van der Waals surface area contributed by atoms with E-state index in [1.807, 2.05) is 6.92 Å². The minimum atomic E-state index is -1.03. The van der Waals surface area contributed by atoms with E-state index in [1.165, 1.54) is 0 Å². The van der Waals surface area contributed by atoms with Gasteiger partial charge in [0, 0.05) is 11.6 Å². The first kappa shape index (κ1) is 18.7. The molecular weight excluding hydrogens is 306 g/mol. The zero-order valence-corrected chi connectivity index (χ0v) is 14.1. The summed E-state index contributed by atoms with van der Waals surface area (Å²) in [5.41, 5.74) is 0.854. The quantitative estimate of drug-likeness (QED) is 0.776. The summed E-state index contributed by atoms with van der Waals surface area (Å²) in [4.78, 5) is 11.5. The highest BCUT2D eigenvalue weighted by Crippen LogP contribution is 2.23. The molecule has 0 saturated carbocycles. The maximum absolute atomic E-state index is 11.5. The van der Waals surface area contributed by atoms with E-state index >= 15 is 0 Å². The topological polar surface area (TPSA) is 78.8 Å². The number of aryl methyl sites for hydroxylation is 1. The molecular formula is C16H24ClNO4. The van der Waals surface area contributed by atoms with Crippen molar-refractivity contribution >= 4 is 17.7 Å². The molecule has 0 bridgehead atoms. The van der Waals surface area contributed by atoms with Crippen LogP contribution in [0.2, 0.25) is 5.02 Å². The van der Waals surface area contributed by atoms with Crippen LogP contribution in [0.5, 0.6) is 0 Å². The van der Waals surface area contributed by atoms with Gasteiger partial charge in [0.1, 0.15) is 11.7 Å². The Bertz CT molecular complexity index is 513. The van der Waals surface area contributed by atoms with Crippen LogP contribution in [0.1, 0.15) is 44.4 Å². The third-order valence-electron chi connectivity index (χ3n) is 3.00. The smallest absolute Gasteiger partial charge is 0.407 e. The standard InChI is InChI=1S/C16H24ClNO4/c1-10-9-11(5-6-12(10)17)14(20)13(19)7-8-18-15(21)22-16(2,3)4/h5-6,9,13-14,19-20H,7-8H2,1-4H3,(H,18,21). The van der Waals surface area contributed by atoms with Crippen LogP contribution in [0.4, 0.5) is 4.79 Å². The average Bonchev–Trinajstić information content (AvgIpc) is 2.38. The normalized spacial score (nSPS) is 14.3. The zero-order chi connectivity index (χ0) is 16.9. The maximum atomic E-state index is 11.5. The summed E-state index contributed by atoms with van der Waals surface area (Å²) in [5.74, 6) is 0. The van der Waals surface area contributed by atoms with Crippen molar-refractivity contribution in [2.24, 2.45) is 0 Å². The Morgan fingerprint density at radius 3 is 2.55 bits per heavy atom. The molecule has 1 amide bonds. The number of amides is 1. The molecule has 124 valence electrons. The summed E-state index contributed by atoms with van der Waals surface area (Å²) in [6.45, 7) is 7.35. The van der Waals surface area contributed by atoms with Crippen molar-refractivity contribution in [3.63, 3.8) is 0 Å². The van der Waals surface area contributed by atoms with Crippen LogP contribution in [0.25, 0.3) is 0 Å². The molecule has 22 heavy (non-hydrogen) atoms. The molecule has 0 aliphatic rings. The molecule has 0 aliphatic carbocycles. The van der Waals surface area contributed by atoms with Crippen LogP contribution >= 0.6 is 11.6 Å². The molecule has 1 aromatic carbocycles. The molecule has 0 aromatic heterocycles. The Balaban J connectivity index is 2.46. The molecule has 5 nitrogen and oxygen atoms in total. The minimum Gasteiger partial charge on any atom is -0.444 e. The summed E-state index contributed by atoms with van der Waals surface area (Å²) in [6.07, 6.45) is -2.36. The lowest BCUT2D eigenvalue weighted by molar-refractivity contribution is 0.0123. The van der Waals surface area contributed by atoms with Crippen LogP contribution < -0.4 is 5.32 Å². The van der Waals surface area contributed by atoms with Gasteiger partial charge in [-0.2, -0.15) is 0 Å². The fourth-order valence-electron chi connectivity index (χ4n) is 1.87. The predicted molar refractivity (Wildman–Crippen MR) is 86.0 cm³/mol. The Morgan fingerprint density at radius 1 is 1.36 bits per heavy atom. The van der Waals surface area contributed by atoms with Gasteiger partial charge >= 0.3 is 6.09 Å². The lowest BCUT2D eigenvalue weighted by Gasteiger charge is -2.21. The monoisotopic (exact) mass is 329 g/mol. The highest BCUT2D eigenvalue weighted by molar-refractivity contribution is 6.31. The third-order valence-corrected chi connectivity index (χ3v) is 3.42. The number of hydrogen-bond acceptors (Lipinski definition) is 4.